The lowest BCUT2D eigenvalue weighted by molar-refractivity contribution is -0.228. The quantitative estimate of drug-likeness (QED) is 0.0735. The molecule has 4 aromatic rings. The van der Waals surface area contributed by atoms with Crippen LogP contribution in [0.1, 0.15) is 75.7 Å². The number of nitrogens with zero attached hydrogens (tertiary/aromatic N) is 7. The number of ketones is 1. The van der Waals surface area contributed by atoms with E-state index in [1.54, 1.807) is 6.07 Å². The number of nitrogens with one attached hydrogen (secondary N) is 1. The molecule has 1 saturated carbocycles. The first kappa shape index (κ1) is 34.3. The van der Waals surface area contributed by atoms with Gasteiger partial charge in [-0.3, -0.25) is 19.1 Å². The first-order valence-electron chi connectivity index (χ1n) is 15.6. The summed E-state index contributed by atoms with van der Waals surface area (Å²) in [6, 6.07) is 9.65. The molecule has 19 heteroatoms. The second kappa shape index (κ2) is 14.1. The molecule has 0 radical (unpaired) electrons. The van der Waals surface area contributed by atoms with E-state index in [-0.39, 0.29) is 29.0 Å². The second-order valence-electron chi connectivity index (χ2n) is 12.5. The van der Waals surface area contributed by atoms with E-state index in [9.17, 15) is 18.0 Å². The molecule has 2 fully saturated rings. The fourth-order valence-corrected chi connectivity index (χ4v) is 7.07. The summed E-state index contributed by atoms with van der Waals surface area (Å²) < 4.78 is 41.9. The number of ether oxygens (including phenoxy) is 1. The number of hydrogen-bond acceptors (Lipinski definition) is 15. The van der Waals surface area contributed by atoms with Gasteiger partial charge in [-0.1, -0.05) is 48.5 Å². The summed E-state index contributed by atoms with van der Waals surface area (Å²) in [4.78, 5) is 41.0. The monoisotopic (exact) mass is 713 g/mol. The number of anilines is 1. The average Bonchev–Trinajstić information content (AvgIpc) is 3.76. The molecule has 49 heavy (non-hydrogen) atoms. The van der Waals surface area contributed by atoms with E-state index in [1.165, 1.54) is 51.3 Å². The van der Waals surface area contributed by atoms with Crippen molar-refractivity contribution in [1.82, 2.24) is 35.7 Å². The number of tetrazole rings is 1. The van der Waals surface area contributed by atoms with Gasteiger partial charge in [0.15, 0.2) is 16.6 Å². The van der Waals surface area contributed by atoms with Gasteiger partial charge in [0.1, 0.15) is 18.1 Å². The summed E-state index contributed by atoms with van der Waals surface area (Å²) in [5.74, 6) is -1.18. The first-order valence-corrected chi connectivity index (χ1v) is 17.9. The fraction of sp³-hybridized carbons (Fsp3) is 0.467. The van der Waals surface area contributed by atoms with Crippen LogP contribution in [-0.4, -0.2) is 78.2 Å². The number of benzene rings is 1. The van der Waals surface area contributed by atoms with E-state index in [4.69, 9.17) is 24.8 Å². The number of Topliss-reactive ketones (excluding diaryl/α,β-unsaturated/α-hetero) is 1. The summed E-state index contributed by atoms with van der Waals surface area (Å²) in [5, 5.41) is 21.1. The number of thiazole rings is 1. The molecular weight excluding hydrogens is 679 g/mol. The summed E-state index contributed by atoms with van der Waals surface area (Å²) >= 11 is 1.06. The van der Waals surface area contributed by atoms with E-state index in [2.05, 4.69) is 41.1 Å². The molecule has 2 aliphatic rings. The summed E-state index contributed by atoms with van der Waals surface area (Å²) in [6.45, 7) is 2.83. The number of H-pyrrole nitrogens is 1. The summed E-state index contributed by atoms with van der Waals surface area (Å²) in [5.41, 5.74) is 6.35. The molecule has 2 atom stereocenters. The maximum atomic E-state index is 13.6. The third-order valence-electron chi connectivity index (χ3n) is 8.72. The SMILES string of the molecule is CC1(C)C(CC(=O)/C(=N\O[C@H](COc2ccc3nc(CC4CCCCC4)ccc3c2)c2nn[nH]n2)c2csc(N)n2)C(=O)N1OS(=O)(=O)O. The van der Waals surface area contributed by atoms with Crippen LogP contribution in [0.4, 0.5) is 5.13 Å². The Bertz CT molecular complexity index is 1960. The highest BCUT2D eigenvalue weighted by molar-refractivity contribution is 7.80. The third kappa shape index (κ3) is 8.01. The molecule has 0 spiro atoms. The largest absolute Gasteiger partial charge is 0.489 e. The van der Waals surface area contributed by atoms with Crippen molar-refractivity contribution in [2.75, 3.05) is 12.3 Å². The number of rotatable bonds is 14. The minimum absolute atomic E-state index is 0.0939. The van der Waals surface area contributed by atoms with Gasteiger partial charge in [0, 0.05) is 22.9 Å². The van der Waals surface area contributed by atoms with Gasteiger partial charge in [0.2, 0.25) is 11.9 Å². The molecule has 1 aliphatic heterocycles. The van der Waals surface area contributed by atoms with Crippen molar-refractivity contribution in [3.8, 4) is 5.75 Å². The predicted octanol–water partition coefficient (Wildman–Crippen LogP) is 3.38. The minimum Gasteiger partial charge on any atom is -0.489 e. The van der Waals surface area contributed by atoms with Crippen LogP contribution < -0.4 is 10.5 Å². The van der Waals surface area contributed by atoms with Gasteiger partial charge in [0.05, 0.1) is 17.0 Å². The number of carbonyl (C=O) groups excluding carboxylic acids is 2. The lowest BCUT2D eigenvalue weighted by Gasteiger charge is -2.50. The Morgan fingerprint density at radius 2 is 2.00 bits per heavy atom. The zero-order valence-electron chi connectivity index (χ0n) is 26.7. The van der Waals surface area contributed by atoms with Crippen LogP contribution in [0.3, 0.4) is 0 Å². The Hall–Kier alpha value is -4.59. The Balaban J connectivity index is 1.17. The van der Waals surface area contributed by atoms with Gasteiger partial charge >= 0.3 is 10.4 Å². The average molecular weight is 714 g/mol. The molecule has 6 rings (SSSR count). The zero-order valence-corrected chi connectivity index (χ0v) is 28.3. The zero-order chi connectivity index (χ0) is 34.8. The Morgan fingerprint density at radius 1 is 1.20 bits per heavy atom. The van der Waals surface area contributed by atoms with Gasteiger partial charge in [0.25, 0.3) is 5.91 Å². The van der Waals surface area contributed by atoms with Crippen molar-refractivity contribution in [3.05, 3.63) is 52.9 Å². The molecule has 3 aromatic heterocycles. The van der Waals surface area contributed by atoms with E-state index in [0.29, 0.717) is 16.7 Å². The number of nitrogen functional groups attached to an aromatic ring is 1. The number of β-lactam (4-membered cyclic amide) rings is 1. The van der Waals surface area contributed by atoms with Crippen LogP contribution in [0.2, 0.25) is 0 Å². The fourth-order valence-electron chi connectivity index (χ4n) is 6.07. The number of hydrogen-bond donors (Lipinski definition) is 3. The number of amides is 1. The number of aromatic amines is 1. The van der Waals surface area contributed by atoms with Crippen LogP contribution in [0.25, 0.3) is 10.9 Å². The van der Waals surface area contributed by atoms with Gasteiger partial charge in [-0.2, -0.15) is 18.7 Å². The van der Waals surface area contributed by atoms with Gasteiger partial charge in [-0.05, 0) is 50.5 Å². The van der Waals surface area contributed by atoms with Gasteiger partial charge < -0.3 is 15.3 Å². The van der Waals surface area contributed by atoms with Crippen molar-refractivity contribution in [2.24, 2.45) is 17.0 Å². The number of aromatic nitrogens is 6. The van der Waals surface area contributed by atoms with Crippen molar-refractivity contribution < 1.29 is 36.4 Å². The van der Waals surface area contributed by atoms with Crippen molar-refractivity contribution in [3.63, 3.8) is 0 Å². The van der Waals surface area contributed by atoms with Crippen LogP contribution in [0, 0.1) is 11.8 Å². The Morgan fingerprint density at radius 3 is 2.67 bits per heavy atom. The highest BCUT2D eigenvalue weighted by Crippen LogP contribution is 2.41. The van der Waals surface area contributed by atoms with E-state index < -0.39 is 46.1 Å². The number of fused-ring (bicyclic) bond motifs is 1. The van der Waals surface area contributed by atoms with E-state index in [1.807, 2.05) is 18.2 Å². The van der Waals surface area contributed by atoms with E-state index in [0.717, 1.165) is 34.4 Å². The number of carbonyl (C=O) groups is 2. The highest BCUT2D eigenvalue weighted by atomic mass is 32.3. The molecule has 260 valence electrons. The Kier molecular flexibility index (Phi) is 9.87. The molecule has 1 aromatic carbocycles. The number of hydroxylamine groups is 2. The summed E-state index contributed by atoms with van der Waals surface area (Å²) in [7, 11) is -4.96. The molecule has 0 bridgehead atoms. The van der Waals surface area contributed by atoms with Crippen LogP contribution in [-0.2, 0) is 35.5 Å². The lowest BCUT2D eigenvalue weighted by Crippen LogP contribution is -2.68. The minimum atomic E-state index is -4.96. The van der Waals surface area contributed by atoms with Crippen LogP contribution >= 0.6 is 11.3 Å². The normalized spacial score (nSPS) is 19.1. The van der Waals surface area contributed by atoms with Gasteiger partial charge in [-0.25, -0.2) is 4.98 Å². The highest BCUT2D eigenvalue weighted by Gasteiger charge is 2.57. The molecule has 1 unspecified atom stereocenters. The maximum Gasteiger partial charge on any atom is 0.418 e. The molecular formula is C30H35N9O8S2. The van der Waals surface area contributed by atoms with Crippen molar-refractivity contribution in [2.45, 2.75) is 70.4 Å². The van der Waals surface area contributed by atoms with Crippen LogP contribution in [0.5, 0.6) is 5.75 Å². The third-order valence-corrected chi connectivity index (χ3v) is 9.74. The lowest BCUT2D eigenvalue weighted by atomic mass is 9.74. The second-order valence-corrected chi connectivity index (χ2v) is 14.4. The van der Waals surface area contributed by atoms with E-state index >= 15 is 0 Å². The number of pyridine rings is 1. The molecule has 4 heterocycles. The number of nitrogens with two attached hydrogens (primary N) is 1. The Labute approximate surface area is 285 Å². The predicted molar refractivity (Wildman–Crippen MR) is 175 cm³/mol. The van der Waals surface area contributed by atoms with Crippen molar-refractivity contribution in [1.29, 1.82) is 0 Å². The smallest absolute Gasteiger partial charge is 0.418 e. The van der Waals surface area contributed by atoms with Gasteiger partial charge in [-0.15, -0.1) is 25.8 Å². The van der Waals surface area contributed by atoms with Crippen molar-refractivity contribution >= 4 is 55.2 Å². The molecule has 17 nitrogen and oxygen atoms in total. The summed E-state index contributed by atoms with van der Waals surface area (Å²) in [6.07, 6.45) is 5.92. The number of oxime groups is 1. The molecule has 4 N–H and O–H groups in total. The molecule has 1 saturated heterocycles. The standard InChI is InChI=1S/C30H35N9O8S2/c1-30(2)21(28(41)39(30)47-49(42,43)44)14-24(40)26(23-16-48-29(31)33-23)36-46-25(27-34-37-38-35-27)15-45-20-10-11-22-18(13-20)8-9-19(32-22)12-17-6-4-3-5-7-17/h8-11,13,16-17,21,25H,3-7,12,14-15H2,1-2H3,(H2,31,33)(H,42,43,44)(H,34,35,37,38)/b36-26-/t21?,25-/m1/s1. The first-order chi connectivity index (χ1) is 23.4. The van der Waals surface area contributed by atoms with Crippen LogP contribution in [0.15, 0.2) is 40.9 Å². The molecule has 1 aliphatic carbocycles. The molecule has 1 amide bonds. The topological polar surface area (TPSA) is 238 Å². The maximum absolute atomic E-state index is 13.6.